The predicted molar refractivity (Wildman–Crippen MR) is 133 cm³/mol. The van der Waals surface area contributed by atoms with Gasteiger partial charge in [0.2, 0.25) is 16.9 Å². The third kappa shape index (κ3) is 9.13. The molecule has 0 spiro atoms. The molecule has 2 aromatic rings. The third-order valence-corrected chi connectivity index (χ3v) is 7.21. The van der Waals surface area contributed by atoms with Gasteiger partial charge in [-0.1, -0.05) is 59.5 Å². The molecule has 1 fully saturated rings. The lowest BCUT2D eigenvalue weighted by Gasteiger charge is -2.33. The molecule has 2 amide bonds. The largest absolute Gasteiger partial charge is 0.492 e. The second-order valence-corrected chi connectivity index (χ2v) is 10.1. The number of amides is 2. The van der Waals surface area contributed by atoms with E-state index in [0.29, 0.717) is 35.2 Å². The highest BCUT2D eigenvalue weighted by Gasteiger charge is 2.44. The van der Waals surface area contributed by atoms with Crippen molar-refractivity contribution in [2.75, 3.05) is 18.1 Å². The number of piperidine rings is 1. The Morgan fingerprint density at radius 3 is 2.68 bits per heavy atom. The SMILES string of the molecule is CSc1nnc(NC(=O)/C=C/[C@H](CCc2ccccc2)NC(=O)[C@@H]2CCCCN2OC(=O)C(F)(F)F)s1. The van der Waals surface area contributed by atoms with Gasteiger partial charge in [0.1, 0.15) is 6.04 Å². The van der Waals surface area contributed by atoms with Gasteiger partial charge in [0.05, 0.1) is 0 Å². The quantitative estimate of drug-likeness (QED) is 0.258. The minimum atomic E-state index is -5.17. The fourth-order valence-electron chi connectivity index (χ4n) is 3.59. The lowest BCUT2D eigenvalue weighted by Crippen LogP contribution is -2.53. The Kier molecular flexibility index (Phi) is 10.5. The number of aromatic nitrogens is 2. The van der Waals surface area contributed by atoms with E-state index in [1.807, 2.05) is 36.6 Å². The highest BCUT2D eigenvalue weighted by molar-refractivity contribution is 8.00. The Bertz CT molecular complexity index is 1100. The first-order valence-corrected chi connectivity index (χ1v) is 13.5. The summed E-state index contributed by atoms with van der Waals surface area (Å²) in [7, 11) is 0. The van der Waals surface area contributed by atoms with E-state index in [0.717, 1.165) is 10.6 Å². The van der Waals surface area contributed by atoms with E-state index in [2.05, 4.69) is 25.7 Å². The van der Waals surface area contributed by atoms with E-state index in [-0.39, 0.29) is 13.0 Å². The van der Waals surface area contributed by atoms with Gasteiger partial charge in [0, 0.05) is 18.7 Å². The lowest BCUT2D eigenvalue weighted by molar-refractivity contribution is -0.248. The fourth-order valence-corrected chi connectivity index (χ4v) is 4.76. The summed E-state index contributed by atoms with van der Waals surface area (Å²) in [6, 6.07) is 7.80. The number of hydrogen-bond donors (Lipinski definition) is 2. The van der Waals surface area contributed by atoms with Crippen LogP contribution in [-0.2, 0) is 25.6 Å². The summed E-state index contributed by atoms with van der Waals surface area (Å²) < 4.78 is 38.8. The number of hydroxylamine groups is 2. The van der Waals surface area contributed by atoms with Crippen LogP contribution in [0.15, 0.2) is 46.8 Å². The van der Waals surface area contributed by atoms with Crippen LogP contribution in [-0.4, -0.2) is 64.1 Å². The molecule has 0 aliphatic carbocycles. The topological polar surface area (TPSA) is 114 Å². The van der Waals surface area contributed by atoms with E-state index < -0.39 is 36.0 Å². The van der Waals surface area contributed by atoms with Crippen molar-refractivity contribution in [3.8, 4) is 0 Å². The summed E-state index contributed by atoms with van der Waals surface area (Å²) in [6.45, 7) is 0.00666. The van der Waals surface area contributed by atoms with Crippen LogP contribution in [0.1, 0.15) is 31.2 Å². The number of alkyl halides is 3. The second kappa shape index (κ2) is 13.5. The Labute approximate surface area is 219 Å². The van der Waals surface area contributed by atoms with Crippen molar-refractivity contribution in [3.63, 3.8) is 0 Å². The summed E-state index contributed by atoms with van der Waals surface area (Å²) in [4.78, 5) is 41.3. The molecule has 0 saturated carbocycles. The van der Waals surface area contributed by atoms with Crippen molar-refractivity contribution in [1.82, 2.24) is 20.6 Å². The number of nitrogens with zero attached hydrogens (tertiary/aromatic N) is 3. The summed E-state index contributed by atoms with van der Waals surface area (Å²) >= 11 is 2.61. The van der Waals surface area contributed by atoms with Crippen LogP contribution in [0.4, 0.5) is 18.3 Å². The number of carbonyl (C=O) groups excluding carboxylic acids is 3. The third-order valence-electron chi connectivity index (χ3n) is 5.39. The Morgan fingerprint density at radius 1 is 1.24 bits per heavy atom. The molecule has 2 N–H and O–H groups in total. The van der Waals surface area contributed by atoms with Crippen LogP contribution < -0.4 is 10.6 Å². The smallest absolute Gasteiger partial charge is 0.360 e. The summed E-state index contributed by atoms with van der Waals surface area (Å²) in [5, 5.41) is 14.3. The van der Waals surface area contributed by atoms with Gasteiger partial charge in [0.25, 0.3) is 0 Å². The molecule has 37 heavy (non-hydrogen) atoms. The maximum absolute atomic E-state index is 13.1. The molecule has 1 saturated heterocycles. The van der Waals surface area contributed by atoms with Crippen molar-refractivity contribution in [3.05, 3.63) is 48.0 Å². The van der Waals surface area contributed by atoms with Gasteiger partial charge in [0.15, 0.2) is 4.34 Å². The zero-order chi connectivity index (χ0) is 26.8. The first kappa shape index (κ1) is 28.6. The average molecular weight is 558 g/mol. The van der Waals surface area contributed by atoms with Crippen LogP contribution in [0.3, 0.4) is 0 Å². The highest BCUT2D eigenvalue weighted by Crippen LogP contribution is 2.24. The molecule has 1 aliphatic heterocycles. The molecule has 14 heteroatoms. The predicted octanol–water partition coefficient (Wildman–Crippen LogP) is 3.75. The van der Waals surface area contributed by atoms with Gasteiger partial charge in [-0.15, -0.1) is 15.3 Å². The van der Waals surface area contributed by atoms with Gasteiger partial charge in [-0.3, -0.25) is 14.9 Å². The zero-order valence-corrected chi connectivity index (χ0v) is 21.5. The fraction of sp³-hybridized carbons (Fsp3) is 0.435. The molecule has 0 radical (unpaired) electrons. The maximum atomic E-state index is 13.1. The molecule has 1 aliphatic rings. The second-order valence-electron chi connectivity index (χ2n) is 8.09. The number of halogens is 3. The van der Waals surface area contributed by atoms with E-state index in [9.17, 15) is 27.6 Å². The number of hydrogen-bond acceptors (Lipinski definition) is 9. The molecule has 0 bridgehead atoms. The van der Waals surface area contributed by atoms with Crippen molar-refractivity contribution in [2.24, 2.45) is 0 Å². The molecule has 2 atom stereocenters. The number of anilines is 1. The first-order chi connectivity index (χ1) is 17.7. The van der Waals surface area contributed by atoms with Crippen LogP contribution in [0, 0.1) is 0 Å². The zero-order valence-electron chi connectivity index (χ0n) is 19.9. The van der Waals surface area contributed by atoms with Gasteiger partial charge in [-0.2, -0.15) is 13.2 Å². The first-order valence-electron chi connectivity index (χ1n) is 11.4. The standard InChI is InChI=1S/C23H26F3N5O4S2/c1-36-22-30-29-21(37-22)28-18(32)13-12-16(11-10-15-7-3-2-4-8-15)27-19(33)17-9-5-6-14-31(17)35-20(34)23(24,25)26/h2-4,7-8,12-13,16-17H,5-6,9-11,14H2,1H3,(H,27,33)(H,28,29,32)/b13-12+/t16-,17-/m0/s1. The summed E-state index contributed by atoms with van der Waals surface area (Å²) in [5.41, 5.74) is 1.01. The van der Waals surface area contributed by atoms with Crippen LogP contribution in [0.25, 0.3) is 0 Å². The summed E-state index contributed by atoms with van der Waals surface area (Å²) in [6.07, 6.45) is 1.73. The number of aryl methyl sites for hydroxylation is 1. The number of nitrogens with one attached hydrogen (secondary N) is 2. The molecule has 2 heterocycles. The Morgan fingerprint density at radius 2 is 2.00 bits per heavy atom. The molecule has 0 unspecified atom stereocenters. The number of rotatable bonds is 10. The Balaban J connectivity index is 1.68. The molecule has 1 aromatic carbocycles. The molecular formula is C23H26F3N5O4S2. The van der Waals surface area contributed by atoms with Crippen LogP contribution >= 0.6 is 23.1 Å². The van der Waals surface area contributed by atoms with Gasteiger partial charge >= 0.3 is 12.1 Å². The van der Waals surface area contributed by atoms with E-state index in [1.165, 1.54) is 35.3 Å². The van der Waals surface area contributed by atoms with E-state index in [1.54, 1.807) is 0 Å². The van der Waals surface area contributed by atoms with Crippen molar-refractivity contribution in [1.29, 1.82) is 0 Å². The molecule has 200 valence electrons. The molecule has 1 aromatic heterocycles. The van der Waals surface area contributed by atoms with Crippen LogP contribution in [0.2, 0.25) is 0 Å². The maximum Gasteiger partial charge on any atom is 0.492 e. The minimum absolute atomic E-state index is 0.00666. The highest BCUT2D eigenvalue weighted by atomic mass is 32.2. The average Bonchev–Trinajstić information content (AvgIpc) is 3.33. The van der Waals surface area contributed by atoms with Gasteiger partial charge < -0.3 is 10.2 Å². The van der Waals surface area contributed by atoms with Crippen molar-refractivity contribution < 1.29 is 32.4 Å². The normalized spacial score (nSPS) is 17.4. The molecule has 9 nitrogen and oxygen atoms in total. The van der Waals surface area contributed by atoms with Crippen molar-refractivity contribution >= 4 is 46.0 Å². The minimum Gasteiger partial charge on any atom is -0.360 e. The monoisotopic (exact) mass is 557 g/mol. The Hall–Kier alpha value is -2.97. The van der Waals surface area contributed by atoms with Gasteiger partial charge in [-0.25, -0.2) is 4.79 Å². The van der Waals surface area contributed by atoms with E-state index in [4.69, 9.17) is 0 Å². The molecule has 3 rings (SSSR count). The number of benzene rings is 1. The van der Waals surface area contributed by atoms with Gasteiger partial charge in [-0.05, 0) is 43.9 Å². The van der Waals surface area contributed by atoms with Crippen molar-refractivity contribution in [2.45, 2.75) is 54.7 Å². The number of thioether (sulfide) groups is 1. The van der Waals surface area contributed by atoms with E-state index >= 15 is 0 Å². The number of carbonyl (C=O) groups is 3. The summed E-state index contributed by atoms with van der Waals surface area (Å²) in [5.74, 6) is -3.43. The van der Waals surface area contributed by atoms with Crippen LogP contribution in [0.5, 0.6) is 0 Å². The molecular weight excluding hydrogens is 531 g/mol. The lowest BCUT2D eigenvalue weighted by atomic mass is 10.0.